The molecule has 0 radical (unpaired) electrons. The number of rotatable bonds is 1. The van der Waals surface area contributed by atoms with Crippen LogP contribution in [0.1, 0.15) is 28.4 Å². The molecule has 1 unspecified atom stereocenters. The van der Waals surface area contributed by atoms with Gasteiger partial charge in [0.15, 0.2) is 0 Å². The van der Waals surface area contributed by atoms with Crippen molar-refractivity contribution in [3.63, 3.8) is 0 Å². The van der Waals surface area contributed by atoms with Crippen LogP contribution in [0.3, 0.4) is 0 Å². The molecular formula is C14H16N2O3. The van der Waals surface area contributed by atoms with E-state index >= 15 is 0 Å². The number of piperazine rings is 1. The van der Waals surface area contributed by atoms with E-state index in [0.717, 1.165) is 11.1 Å². The van der Waals surface area contributed by atoms with E-state index in [0.29, 0.717) is 5.56 Å². The summed E-state index contributed by atoms with van der Waals surface area (Å²) in [5, 5.41) is 2.22. The van der Waals surface area contributed by atoms with Crippen molar-refractivity contribution >= 4 is 17.7 Å². The van der Waals surface area contributed by atoms with Gasteiger partial charge in [0.2, 0.25) is 11.8 Å². The molecule has 1 aliphatic heterocycles. The number of hydrogen-bond donors (Lipinski definition) is 1. The molecule has 0 spiro atoms. The van der Waals surface area contributed by atoms with Gasteiger partial charge in [-0.25, -0.2) is 0 Å². The number of nitrogens with zero attached hydrogens (tertiary/aromatic N) is 1. The highest BCUT2D eigenvalue weighted by Gasteiger charge is 2.34. The molecule has 1 aromatic carbocycles. The van der Waals surface area contributed by atoms with E-state index in [4.69, 9.17) is 0 Å². The molecule has 19 heavy (non-hydrogen) atoms. The molecule has 5 nitrogen and oxygen atoms in total. The van der Waals surface area contributed by atoms with Crippen molar-refractivity contribution in [1.29, 1.82) is 0 Å². The molecule has 5 heteroatoms. The van der Waals surface area contributed by atoms with E-state index in [9.17, 15) is 14.4 Å². The minimum absolute atomic E-state index is 0.0842. The van der Waals surface area contributed by atoms with Crippen LogP contribution < -0.4 is 5.32 Å². The standard InChI is InChI=1S/C14H16N2O3/c1-8-5-4-6-11(9(8)2)14(19)16-7-12(17)15-13(18)10(16)3/h4-6,10H,7H2,1-3H3,(H,15,17,18). The Hall–Kier alpha value is -2.17. The third-order valence-corrected chi connectivity index (χ3v) is 3.52. The highest BCUT2D eigenvalue weighted by Crippen LogP contribution is 2.17. The second-order valence-electron chi connectivity index (χ2n) is 4.77. The van der Waals surface area contributed by atoms with Crippen molar-refractivity contribution in [3.8, 4) is 0 Å². The molecule has 1 aromatic rings. The lowest BCUT2D eigenvalue weighted by molar-refractivity contribution is -0.138. The van der Waals surface area contributed by atoms with Crippen molar-refractivity contribution in [2.45, 2.75) is 26.8 Å². The Morgan fingerprint density at radius 3 is 2.68 bits per heavy atom. The fourth-order valence-electron chi connectivity index (χ4n) is 2.10. The summed E-state index contributed by atoms with van der Waals surface area (Å²) in [4.78, 5) is 36.7. The maximum Gasteiger partial charge on any atom is 0.255 e. The van der Waals surface area contributed by atoms with Gasteiger partial charge in [-0.3, -0.25) is 19.7 Å². The first-order chi connectivity index (χ1) is 8.91. The molecule has 1 N–H and O–H groups in total. The first-order valence-corrected chi connectivity index (χ1v) is 6.12. The molecule has 1 aliphatic rings. The lowest BCUT2D eigenvalue weighted by Gasteiger charge is -2.32. The largest absolute Gasteiger partial charge is 0.318 e. The van der Waals surface area contributed by atoms with Crippen LogP contribution >= 0.6 is 0 Å². The highest BCUT2D eigenvalue weighted by atomic mass is 16.2. The van der Waals surface area contributed by atoms with Crippen LogP contribution in [0.5, 0.6) is 0 Å². The van der Waals surface area contributed by atoms with Crippen LogP contribution in [0.25, 0.3) is 0 Å². The van der Waals surface area contributed by atoms with Gasteiger partial charge in [0, 0.05) is 5.56 Å². The third kappa shape index (κ3) is 2.36. The summed E-state index contributed by atoms with van der Waals surface area (Å²) >= 11 is 0. The van der Waals surface area contributed by atoms with Gasteiger partial charge in [0.25, 0.3) is 5.91 Å². The van der Waals surface area contributed by atoms with Gasteiger partial charge in [-0.1, -0.05) is 12.1 Å². The van der Waals surface area contributed by atoms with Gasteiger partial charge < -0.3 is 4.90 Å². The van der Waals surface area contributed by atoms with Gasteiger partial charge in [-0.05, 0) is 38.0 Å². The Kier molecular flexibility index (Phi) is 3.38. The Bertz CT molecular complexity index is 566. The summed E-state index contributed by atoms with van der Waals surface area (Å²) in [6.45, 7) is 5.31. The summed E-state index contributed by atoms with van der Waals surface area (Å²) in [6.07, 6.45) is 0. The van der Waals surface area contributed by atoms with Crippen LogP contribution in [0.4, 0.5) is 0 Å². The van der Waals surface area contributed by atoms with E-state index in [1.807, 2.05) is 19.9 Å². The zero-order chi connectivity index (χ0) is 14.2. The number of carbonyl (C=O) groups is 3. The molecule has 1 saturated heterocycles. The number of carbonyl (C=O) groups excluding carboxylic acids is 3. The Balaban J connectivity index is 2.35. The quantitative estimate of drug-likeness (QED) is 0.759. The molecule has 0 saturated carbocycles. The van der Waals surface area contributed by atoms with E-state index in [2.05, 4.69) is 5.32 Å². The normalized spacial score (nSPS) is 19.3. The van der Waals surface area contributed by atoms with Gasteiger partial charge in [0.05, 0.1) is 0 Å². The number of imide groups is 1. The zero-order valence-electron chi connectivity index (χ0n) is 11.2. The number of nitrogens with one attached hydrogen (secondary N) is 1. The SMILES string of the molecule is Cc1cccc(C(=O)N2CC(=O)NC(=O)C2C)c1C. The molecule has 100 valence electrons. The molecule has 0 aromatic heterocycles. The van der Waals surface area contributed by atoms with Crippen LogP contribution in [-0.4, -0.2) is 35.2 Å². The van der Waals surface area contributed by atoms with Crippen LogP contribution in [0, 0.1) is 13.8 Å². The summed E-state index contributed by atoms with van der Waals surface area (Å²) in [6, 6.07) is 4.80. The Labute approximate surface area is 111 Å². The average molecular weight is 260 g/mol. The van der Waals surface area contributed by atoms with E-state index < -0.39 is 17.9 Å². The smallest absolute Gasteiger partial charge is 0.255 e. The zero-order valence-corrected chi connectivity index (χ0v) is 11.2. The van der Waals surface area contributed by atoms with Gasteiger partial charge in [0.1, 0.15) is 12.6 Å². The van der Waals surface area contributed by atoms with Crippen molar-refractivity contribution in [3.05, 3.63) is 34.9 Å². The summed E-state index contributed by atoms with van der Waals surface area (Å²) in [5.41, 5.74) is 2.42. The van der Waals surface area contributed by atoms with Crippen LogP contribution in [0.2, 0.25) is 0 Å². The summed E-state index contributed by atoms with van der Waals surface area (Å²) in [7, 11) is 0. The van der Waals surface area contributed by atoms with Gasteiger partial charge in [-0.2, -0.15) is 0 Å². The Morgan fingerprint density at radius 1 is 1.32 bits per heavy atom. The summed E-state index contributed by atoms with van der Waals surface area (Å²) < 4.78 is 0. The average Bonchev–Trinajstić information content (AvgIpc) is 2.36. The highest BCUT2D eigenvalue weighted by molar-refractivity contribution is 6.07. The molecule has 1 heterocycles. The first-order valence-electron chi connectivity index (χ1n) is 6.12. The second-order valence-corrected chi connectivity index (χ2v) is 4.77. The molecule has 0 bridgehead atoms. The van der Waals surface area contributed by atoms with Gasteiger partial charge >= 0.3 is 0 Å². The van der Waals surface area contributed by atoms with Crippen LogP contribution in [-0.2, 0) is 9.59 Å². The number of hydrogen-bond acceptors (Lipinski definition) is 3. The van der Waals surface area contributed by atoms with E-state index in [1.165, 1.54) is 4.90 Å². The summed E-state index contributed by atoms with van der Waals surface area (Å²) in [5.74, 6) is -1.16. The predicted molar refractivity (Wildman–Crippen MR) is 69.6 cm³/mol. The van der Waals surface area contributed by atoms with Crippen molar-refractivity contribution in [2.24, 2.45) is 0 Å². The molecule has 0 aliphatic carbocycles. The maximum atomic E-state index is 12.5. The number of amides is 3. The minimum atomic E-state index is -0.634. The first kappa shape index (κ1) is 13.3. The minimum Gasteiger partial charge on any atom is -0.318 e. The molecule has 1 atom stereocenters. The van der Waals surface area contributed by atoms with Crippen molar-refractivity contribution < 1.29 is 14.4 Å². The van der Waals surface area contributed by atoms with E-state index in [-0.39, 0.29) is 12.5 Å². The number of aryl methyl sites for hydroxylation is 1. The molecule has 2 rings (SSSR count). The lowest BCUT2D eigenvalue weighted by atomic mass is 10.0. The van der Waals surface area contributed by atoms with Crippen molar-refractivity contribution in [1.82, 2.24) is 10.2 Å². The number of benzene rings is 1. The fraction of sp³-hybridized carbons (Fsp3) is 0.357. The molecular weight excluding hydrogens is 244 g/mol. The lowest BCUT2D eigenvalue weighted by Crippen LogP contribution is -2.58. The fourth-order valence-corrected chi connectivity index (χ4v) is 2.10. The predicted octanol–water partition coefficient (Wildman–Crippen LogP) is 0.791. The van der Waals surface area contributed by atoms with Crippen LogP contribution in [0.15, 0.2) is 18.2 Å². The molecule has 3 amide bonds. The van der Waals surface area contributed by atoms with Gasteiger partial charge in [-0.15, -0.1) is 0 Å². The maximum absolute atomic E-state index is 12.5. The topological polar surface area (TPSA) is 66.5 Å². The second kappa shape index (κ2) is 4.84. The monoisotopic (exact) mass is 260 g/mol. The Morgan fingerprint density at radius 2 is 2.00 bits per heavy atom. The van der Waals surface area contributed by atoms with Crippen molar-refractivity contribution in [2.75, 3.05) is 6.54 Å². The van der Waals surface area contributed by atoms with E-state index in [1.54, 1.807) is 19.1 Å². The third-order valence-electron chi connectivity index (χ3n) is 3.52. The molecule has 1 fully saturated rings.